The first-order valence-corrected chi connectivity index (χ1v) is 33.6. The van der Waals surface area contributed by atoms with Gasteiger partial charge in [0.15, 0.2) is 0 Å². The molecule has 0 saturated carbocycles. The Hall–Kier alpha value is -12.2. The number of aromatic nitrogens is 8. The van der Waals surface area contributed by atoms with E-state index in [9.17, 15) is 0 Å². The van der Waals surface area contributed by atoms with E-state index in [1.807, 2.05) is 24.8 Å². The number of para-hydroxylation sites is 6. The van der Waals surface area contributed by atoms with E-state index < -0.39 is 0 Å². The van der Waals surface area contributed by atoms with Crippen LogP contribution in [0.2, 0.25) is 0 Å². The van der Waals surface area contributed by atoms with Gasteiger partial charge < -0.3 is 0 Å². The Bertz CT molecular complexity index is 6220. The zero-order valence-corrected chi connectivity index (χ0v) is 52.8. The maximum atomic E-state index is 5.48. The molecule has 2 aliphatic rings. The average molecular weight is 1260 g/mol. The monoisotopic (exact) mass is 1260 g/mol. The molecule has 0 aliphatic carbocycles. The lowest BCUT2D eigenvalue weighted by Gasteiger charge is -2.31. The Kier molecular flexibility index (Phi) is 12.3. The second kappa shape index (κ2) is 21.7. The molecular weight excluding hydrogens is 1210 g/mol. The molecule has 0 unspecified atom stereocenters. The van der Waals surface area contributed by atoms with E-state index >= 15 is 0 Å². The molecule has 448 valence electrons. The molecule has 6 aromatic heterocycles. The van der Waals surface area contributed by atoms with Gasteiger partial charge in [-0.05, 0) is 139 Å². The van der Waals surface area contributed by atoms with Gasteiger partial charge in [-0.1, -0.05) is 206 Å². The summed E-state index contributed by atoms with van der Waals surface area (Å²) < 4.78 is 4.51. The van der Waals surface area contributed by atoms with Crippen LogP contribution in [0.15, 0.2) is 323 Å². The molecule has 12 heteroatoms. The molecule has 10 nitrogen and oxygen atoms in total. The standard InChI is InChI=1S/C43H25N5S.C41H25N5S/c1-2-14-34-29(12-1)32-25-44-22-21-35(32)47(34)40-24-33(31-23-28-11-7-9-26-19-20-27-10-8-13-30(31)42(27)41(26)28)45-43(46-40)48-36-15-3-5-17-38(36)49-39-18-6-4-16-37(39)48;1-2-12-27-26(11-1)23-31(29-14-4-3-13-28(27)29)33-24-40(45-34-16-6-5-15-30(34)32-25-42-22-21-35(32)45)44-41(43-33)46-36-17-7-9-19-38(36)47-39-20-10-8-18-37(39)46/h1-25H;1-25H. The molecule has 0 N–H and O–H groups in total. The van der Waals surface area contributed by atoms with Crippen LogP contribution in [0.25, 0.3) is 132 Å². The van der Waals surface area contributed by atoms with Crippen LogP contribution in [0.4, 0.5) is 34.6 Å². The zero-order chi connectivity index (χ0) is 63.0. The lowest BCUT2D eigenvalue weighted by atomic mass is 9.90. The third-order valence-corrected chi connectivity index (χ3v) is 21.2. The summed E-state index contributed by atoms with van der Waals surface area (Å²) in [6.45, 7) is 0. The van der Waals surface area contributed by atoms with Crippen molar-refractivity contribution in [3.63, 3.8) is 0 Å². The second-order valence-corrected chi connectivity index (χ2v) is 26.4. The third-order valence-electron chi connectivity index (χ3n) is 18.9. The van der Waals surface area contributed by atoms with Crippen LogP contribution in [0.5, 0.6) is 0 Å². The average Bonchev–Trinajstić information content (AvgIpc) is 0.776. The highest BCUT2D eigenvalue weighted by Gasteiger charge is 2.31. The minimum atomic E-state index is 0.620. The fraction of sp³-hybridized carbons (Fsp3) is 0. The van der Waals surface area contributed by atoms with Crippen molar-refractivity contribution < 1.29 is 0 Å². The van der Waals surface area contributed by atoms with Gasteiger partial charge in [-0.2, -0.15) is 9.97 Å². The first kappa shape index (κ1) is 54.3. The van der Waals surface area contributed by atoms with E-state index in [0.29, 0.717) is 11.9 Å². The fourth-order valence-electron chi connectivity index (χ4n) is 14.8. The van der Waals surface area contributed by atoms with Crippen molar-refractivity contribution in [2.45, 2.75) is 19.6 Å². The molecule has 96 heavy (non-hydrogen) atoms. The number of pyridine rings is 2. The number of rotatable bonds is 6. The van der Waals surface area contributed by atoms with Gasteiger partial charge in [0, 0.05) is 89.2 Å². The van der Waals surface area contributed by atoms with Gasteiger partial charge in [-0.25, -0.2) is 9.97 Å². The van der Waals surface area contributed by atoms with Gasteiger partial charge in [0.1, 0.15) is 11.6 Å². The normalized spacial score (nSPS) is 12.7. The lowest BCUT2D eigenvalue weighted by molar-refractivity contribution is 0.995. The molecule has 0 radical (unpaired) electrons. The van der Waals surface area contributed by atoms with Crippen molar-refractivity contribution in [1.82, 2.24) is 39.0 Å². The lowest BCUT2D eigenvalue weighted by Crippen LogP contribution is -2.18. The molecule has 8 heterocycles. The largest absolute Gasteiger partial charge is 0.293 e. The van der Waals surface area contributed by atoms with Gasteiger partial charge in [0.2, 0.25) is 11.9 Å². The van der Waals surface area contributed by atoms with Gasteiger partial charge in [-0.15, -0.1) is 0 Å². The summed E-state index contributed by atoms with van der Waals surface area (Å²) in [6, 6.07) is 98.9. The van der Waals surface area contributed by atoms with Crippen LogP contribution in [0, 0.1) is 0 Å². The Balaban J connectivity index is 0.000000131. The summed E-state index contributed by atoms with van der Waals surface area (Å²) in [5, 5.41) is 16.6. The van der Waals surface area contributed by atoms with E-state index in [4.69, 9.17) is 19.9 Å². The third kappa shape index (κ3) is 8.49. The molecule has 2 aliphatic heterocycles. The smallest absolute Gasteiger partial charge is 0.237 e. The SMILES string of the molecule is c1ccc2c(c1)Sc1ccccc1N2c1nc(-c2cc3cccc4ccc5cccc2c5c43)cc(-n2c3ccccc3c3cnccc32)n1.c1ccc2c(c1)Sc1ccccc1N2c1nc(-c2cc3ccccc3c3ccccc23)cc(-n2c3ccccc3c3cnccc32)n1. The predicted octanol–water partition coefficient (Wildman–Crippen LogP) is 22.3. The molecule has 19 aromatic rings. The zero-order valence-electron chi connectivity index (χ0n) is 51.2. The molecule has 0 fully saturated rings. The summed E-state index contributed by atoms with van der Waals surface area (Å²) in [7, 11) is 0. The second-order valence-electron chi connectivity index (χ2n) is 24.2. The van der Waals surface area contributed by atoms with E-state index in [-0.39, 0.29) is 0 Å². The van der Waals surface area contributed by atoms with Gasteiger partial charge >= 0.3 is 0 Å². The molecule has 21 rings (SSSR count). The van der Waals surface area contributed by atoms with E-state index in [1.165, 1.54) is 68.1 Å². The van der Waals surface area contributed by atoms with Crippen molar-refractivity contribution in [3.8, 4) is 34.2 Å². The van der Waals surface area contributed by atoms with Crippen molar-refractivity contribution in [3.05, 3.63) is 304 Å². The van der Waals surface area contributed by atoms with E-state index in [0.717, 1.165) is 106 Å². The molecule has 0 amide bonds. The maximum Gasteiger partial charge on any atom is 0.237 e. The van der Waals surface area contributed by atoms with Gasteiger partial charge in [0.25, 0.3) is 0 Å². The number of anilines is 6. The molecule has 0 atom stereocenters. The van der Waals surface area contributed by atoms with Crippen molar-refractivity contribution >= 4 is 156 Å². The van der Waals surface area contributed by atoms with Crippen LogP contribution in [0.3, 0.4) is 0 Å². The Labute approximate surface area is 558 Å². The molecule has 0 bridgehead atoms. The minimum Gasteiger partial charge on any atom is -0.293 e. The van der Waals surface area contributed by atoms with Crippen molar-refractivity contribution in [2.75, 3.05) is 9.80 Å². The number of benzene rings is 13. The number of nitrogens with zero attached hydrogens (tertiary/aromatic N) is 10. The fourth-order valence-corrected chi connectivity index (χ4v) is 16.9. The molecule has 0 saturated heterocycles. The van der Waals surface area contributed by atoms with Gasteiger partial charge in [-0.3, -0.25) is 28.9 Å². The number of hydrogen-bond acceptors (Lipinski definition) is 10. The summed E-state index contributed by atoms with van der Waals surface area (Å²) in [5.41, 5.74) is 12.4. The quantitative estimate of drug-likeness (QED) is 0.150. The van der Waals surface area contributed by atoms with Crippen molar-refractivity contribution in [1.29, 1.82) is 0 Å². The molecule has 13 aromatic carbocycles. The highest BCUT2D eigenvalue weighted by atomic mass is 32.2. The summed E-state index contributed by atoms with van der Waals surface area (Å²) in [5.74, 6) is 2.84. The Morgan fingerprint density at radius 1 is 0.260 bits per heavy atom. The predicted molar refractivity (Wildman–Crippen MR) is 396 cm³/mol. The molecule has 0 spiro atoms. The molecular formula is C84H50N10S2. The number of fused-ring (bicyclic) bond motifs is 13. The van der Waals surface area contributed by atoms with E-state index in [2.05, 4.69) is 308 Å². The summed E-state index contributed by atoms with van der Waals surface area (Å²) >= 11 is 3.57. The van der Waals surface area contributed by atoms with Crippen LogP contribution < -0.4 is 9.80 Å². The highest BCUT2D eigenvalue weighted by Crippen LogP contribution is 2.53. The maximum absolute atomic E-state index is 5.48. The minimum absolute atomic E-state index is 0.620. The first-order valence-electron chi connectivity index (χ1n) is 32.0. The first-order chi connectivity index (χ1) is 47.6. The topological polar surface area (TPSA) is 93.7 Å². The van der Waals surface area contributed by atoms with Crippen LogP contribution in [-0.2, 0) is 0 Å². The number of hydrogen-bond donors (Lipinski definition) is 0. The highest BCUT2D eigenvalue weighted by molar-refractivity contribution is 8.00. The van der Waals surface area contributed by atoms with Gasteiger partial charge in [0.05, 0.1) is 56.2 Å². The van der Waals surface area contributed by atoms with Crippen molar-refractivity contribution in [2.24, 2.45) is 0 Å². The Morgan fingerprint density at radius 2 is 0.646 bits per heavy atom. The van der Waals surface area contributed by atoms with Crippen LogP contribution >= 0.6 is 23.5 Å². The van der Waals surface area contributed by atoms with Crippen LogP contribution in [-0.4, -0.2) is 39.0 Å². The summed E-state index contributed by atoms with van der Waals surface area (Å²) in [6.07, 6.45) is 7.61. The van der Waals surface area contributed by atoms with E-state index in [1.54, 1.807) is 23.5 Å². The summed E-state index contributed by atoms with van der Waals surface area (Å²) in [4.78, 5) is 39.9. The van der Waals surface area contributed by atoms with Crippen LogP contribution in [0.1, 0.15) is 0 Å². The Morgan fingerprint density at radius 3 is 1.19 bits per heavy atom.